The summed E-state index contributed by atoms with van der Waals surface area (Å²) >= 11 is 1.24. The fraction of sp³-hybridized carbons (Fsp3) is 0.217. The molecule has 0 bridgehead atoms. The highest BCUT2D eigenvalue weighted by Crippen LogP contribution is 2.20. The van der Waals surface area contributed by atoms with Crippen molar-refractivity contribution >= 4 is 44.4 Å². The number of thiazole rings is 1. The van der Waals surface area contributed by atoms with E-state index in [4.69, 9.17) is 13.9 Å². The number of carbonyl (C=O) groups excluding carboxylic acids is 2. The third-order valence-corrected chi connectivity index (χ3v) is 5.92. The van der Waals surface area contributed by atoms with E-state index >= 15 is 0 Å². The molecule has 0 saturated carbocycles. The molecule has 164 valence electrons. The van der Waals surface area contributed by atoms with Crippen LogP contribution in [0.15, 0.2) is 62.9 Å². The molecule has 0 fully saturated rings. The van der Waals surface area contributed by atoms with Gasteiger partial charge in [0.25, 0.3) is 5.91 Å². The molecule has 0 saturated heterocycles. The minimum Gasteiger partial charge on any atom is -0.465 e. The van der Waals surface area contributed by atoms with Crippen molar-refractivity contribution in [2.24, 2.45) is 4.99 Å². The number of amides is 1. The number of carbonyl (C=O) groups is 2. The van der Waals surface area contributed by atoms with Crippen LogP contribution in [0.25, 0.3) is 21.2 Å². The maximum Gasteiger partial charge on any atom is 0.337 e. The number of hydrogen-bond acceptors (Lipinski definition) is 7. The molecule has 2 aromatic heterocycles. The van der Waals surface area contributed by atoms with Crippen molar-refractivity contribution in [2.45, 2.75) is 13.5 Å². The number of benzene rings is 2. The van der Waals surface area contributed by atoms with Gasteiger partial charge in [-0.1, -0.05) is 23.5 Å². The molecule has 0 N–H and O–H groups in total. The Labute approximate surface area is 186 Å². The lowest BCUT2D eigenvalue weighted by molar-refractivity contribution is 0.0600. The van der Waals surface area contributed by atoms with Gasteiger partial charge in [-0.15, -0.1) is 0 Å². The number of methoxy groups -OCH3 is 1. The van der Waals surface area contributed by atoms with Crippen molar-refractivity contribution in [1.82, 2.24) is 4.57 Å². The highest BCUT2D eigenvalue weighted by molar-refractivity contribution is 7.16. The number of para-hydroxylation sites is 1. The van der Waals surface area contributed by atoms with Crippen molar-refractivity contribution in [2.75, 3.05) is 20.3 Å². The van der Waals surface area contributed by atoms with Gasteiger partial charge >= 0.3 is 5.97 Å². The number of esters is 1. The predicted molar refractivity (Wildman–Crippen MR) is 120 cm³/mol. The molecule has 0 radical (unpaired) electrons. The van der Waals surface area contributed by atoms with Crippen LogP contribution in [0.5, 0.6) is 0 Å². The Balaban J connectivity index is 1.83. The van der Waals surface area contributed by atoms with E-state index in [0.717, 1.165) is 16.5 Å². The third-order valence-electron chi connectivity index (χ3n) is 4.87. The van der Waals surface area contributed by atoms with E-state index in [-0.39, 0.29) is 5.56 Å². The Hall–Kier alpha value is -3.56. The first kappa shape index (κ1) is 21.7. The standard InChI is InChI=1S/C23H20N2O6S/c1-3-30-11-10-25-17-9-8-14(22(28)29-2)12-19(17)32-23(25)24-21(27)16-13-31-18-7-5-4-6-15(18)20(16)26/h4-9,12-13H,3,10-11H2,1-2H3. The van der Waals surface area contributed by atoms with Crippen molar-refractivity contribution in [1.29, 1.82) is 0 Å². The highest BCUT2D eigenvalue weighted by Gasteiger charge is 2.16. The summed E-state index contributed by atoms with van der Waals surface area (Å²) in [6.45, 7) is 3.32. The summed E-state index contributed by atoms with van der Waals surface area (Å²) in [6.07, 6.45) is 1.14. The second-order valence-electron chi connectivity index (χ2n) is 6.80. The van der Waals surface area contributed by atoms with Crippen molar-refractivity contribution < 1.29 is 23.5 Å². The van der Waals surface area contributed by atoms with Gasteiger partial charge in [-0.25, -0.2) is 4.79 Å². The molecule has 4 rings (SSSR count). The van der Waals surface area contributed by atoms with Crippen LogP contribution >= 0.6 is 11.3 Å². The van der Waals surface area contributed by atoms with E-state index in [0.29, 0.717) is 41.1 Å². The number of aromatic nitrogens is 1. The molecular weight excluding hydrogens is 432 g/mol. The largest absolute Gasteiger partial charge is 0.465 e. The Morgan fingerprint density at radius 3 is 2.78 bits per heavy atom. The summed E-state index contributed by atoms with van der Waals surface area (Å²) in [5.41, 5.74) is 1.01. The fourth-order valence-corrected chi connectivity index (χ4v) is 4.39. The first-order valence-corrected chi connectivity index (χ1v) is 10.7. The molecule has 9 heteroatoms. The van der Waals surface area contributed by atoms with Crippen molar-refractivity contribution in [3.63, 3.8) is 0 Å². The van der Waals surface area contributed by atoms with Gasteiger partial charge in [0, 0.05) is 13.2 Å². The van der Waals surface area contributed by atoms with Crippen LogP contribution in [0.2, 0.25) is 0 Å². The van der Waals surface area contributed by atoms with Crippen LogP contribution in [-0.4, -0.2) is 36.8 Å². The summed E-state index contributed by atoms with van der Waals surface area (Å²) in [4.78, 5) is 42.2. The molecule has 0 aliphatic carbocycles. The molecule has 0 atom stereocenters. The maximum absolute atomic E-state index is 12.9. The number of hydrogen-bond donors (Lipinski definition) is 0. The topological polar surface area (TPSA) is 100 Å². The normalized spacial score (nSPS) is 11.9. The van der Waals surface area contributed by atoms with E-state index in [1.54, 1.807) is 42.5 Å². The quantitative estimate of drug-likeness (QED) is 0.328. The van der Waals surface area contributed by atoms with Gasteiger partial charge in [0.05, 0.1) is 34.9 Å². The summed E-state index contributed by atoms with van der Waals surface area (Å²) in [7, 11) is 1.32. The molecule has 2 heterocycles. The van der Waals surface area contributed by atoms with Gasteiger partial charge in [0.2, 0.25) is 5.43 Å². The number of nitrogens with zero attached hydrogens (tertiary/aromatic N) is 2. The predicted octanol–water partition coefficient (Wildman–Crippen LogP) is 3.37. The van der Waals surface area contributed by atoms with Gasteiger partial charge in [-0.2, -0.15) is 4.99 Å². The van der Waals surface area contributed by atoms with Crippen molar-refractivity contribution in [3.8, 4) is 0 Å². The van der Waals surface area contributed by atoms with Crippen LogP contribution in [0.3, 0.4) is 0 Å². The zero-order valence-corrected chi connectivity index (χ0v) is 18.3. The van der Waals surface area contributed by atoms with Crippen LogP contribution in [-0.2, 0) is 16.0 Å². The molecule has 0 spiro atoms. The Morgan fingerprint density at radius 1 is 1.19 bits per heavy atom. The van der Waals surface area contributed by atoms with E-state index in [1.165, 1.54) is 18.4 Å². The molecule has 8 nitrogen and oxygen atoms in total. The number of fused-ring (bicyclic) bond motifs is 2. The lowest BCUT2D eigenvalue weighted by Crippen LogP contribution is -2.21. The summed E-state index contributed by atoms with van der Waals surface area (Å²) in [5.74, 6) is -1.15. The summed E-state index contributed by atoms with van der Waals surface area (Å²) in [6, 6.07) is 11.8. The zero-order valence-electron chi connectivity index (χ0n) is 17.5. The van der Waals surface area contributed by atoms with E-state index < -0.39 is 17.3 Å². The van der Waals surface area contributed by atoms with Gasteiger partial charge < -0.3 is 18.5 Å². The Kier molecular flexibility index (Phi) is 6.29. The lowest BCUT2D eigenvalue weighted by Gasteiger charge is -2.06. The van der Waals surface area contributed by atoms with Gasteiger partial charge in [0.1, 0.15) is 17.4 Å². The fourth-order valence-electron chi connectivity index (χ4n) is 3.29. The van der Waals surface area contributed by atoms with Crippen LogP contribution in [0, 0.1) is 0 Å². The first-order chi connectivity index (χ1) is 15.5. The lowest BCUT2D eigenvalue weighted by atomic mass is 10.2. The van der Waals surface area contributed by atoms with Crippen molar-refractivity contribution in [3.05, 3.63) is 74.9 Å². The van der Waals surface area contributed by atoms with E-state index in [2.05, 4.69) is 4.99 Å². The monoisotopic (exact) mass is 452 g/mol. The average molecular weight is 452 g/mol. The van der Waals surface area contributed by atoms with Crippen LogP contribution in [0.4, 0.5) is 0 Å². The molecule has 32 heavy (non-hydrogen) atoms. The van der Waals surface area contributed by atoms with E-state index in [1.807, 2.05) is 11.5 Å². The van der Waals surface area contributed by atoms with E-state index in [9.17, 15) is 14.4 Å². The van der Waals surface area contributed by atoms with Gasteiger partial charge in [-0.05, 0) is 37.3 Å². The molecular formula is C23H20N2O6S. The first-order valence-electron chi connectivity index (χ1n) is 9.92. The molecule has 2 aromatic carbocycles. The second-order valence-corrected chi connectivity index (χ2v) is 7.81. The molecule has 4 aromatic rings. The molecule has 1 amide bonds. The minimum absolute atomic E-state index is 0.146. The second kappa shape index (κ2) is 9.29. The minimum atomic E-state index is -0.700. The summed E-state index contributed by atoms with van der Waals surface area (Å²) < 4.78 is 18.3. The van der Waals surface area contributed by atoms with Crippen LogP contribution < -0.4 is 10.2 Å². The van der Waals surface area contributed by atoms with Crippen LogP contribution in [0.1, 0.15) is 27.6 Å². The van der Waals surface area contributed by atoms with Gasteiger partial charge in [0.15, 0.2) is 4.80 Å². The molecule has 0 unspecified atom stereocenters. The zero-order chi connectivity index (χ0) is 22.7. The number of rotatable bonds is 6. The molecule has 0 aliphatic rings. The average Bonchev–Trinajstić information content (AvgIpc) is 3.15. The number of ether oxygens (including phenoxy) is 2. The Morgan fingerprint density at radius 2 is 2.00 bits per heavy atom. The molecule has 0 aliphatic heterocycles. The highest BCUT2D eigenvalue weighted by atomic mass is 32.1. The third kappa shape index (κ3) is 4.12. The smallest absolute Gasteiger partial charge is 0.337 e. The summed E-state index contributed by atoms with van der Waals surface area (Å²) in [5, 5.41) is 0.317. The Bertz CT molecular complexity index is 1450. The maximum atomic E-state index is 12.9. The SMILES string of the molecule is CCOCCn1c(=NC(=O)c2coc3ccccc3c2=O)sc2cc(C(=O)OC)ccc21. The van der Waals surface area contributed by atoms with Gasteiger partial charge in [-0.3, -0.25) is 9.59 Å².